The van der Waals surface area contributed by atoms with Crippen molar-refractivity contribution in [1.82, 2.24) is 10.3 Å². The first-order valence-corrected chi connectivity index (χ1v) is 8.68. The second-order valence-electron chi connectivity index (χ2n) is 6.97. The van der Waals surface area contributed by atoms with Crippen LogP contribution in [0, 0.1) is 0 Å². The number of aliphatic hydroxyl groups excluding tert-OH is 1. The molecule has 1 aromatic heterocycles. The van der Waals surface area contributed by atoms with Crippen LogP contribution in [0.2, 0.25) is 5.02 Å². The molecule has 1 heterocycles. The predicted molar refractivity (Wildman–Crippen MR) is 107 cm³/mol. The second-order valence-corrected chi connectivity index (χ2v) is 7.41. The number of pyridine rings is 1. The van der Waals surface area contributed by atoms with E-state index in [-0.39, 0.29) is 17.9 Å². The van der Waals surface area contributed by atoms with Gasteiger partial charge in [0, 0.05) is 30.4 Å². The molecule has 2 rings (SSSR count). The number of nitrogens with zero attached hydrogens (tertiary/aromatic N) is 2. The monoisotopic (exact) mass is 390 g/mol. The summed E-state index contributed by atoms with van der Waals surface area (Å²) in [6.07, 6.45) is 1.60. The van der Waals surface area contributed by atoms with Crippen molar-refractivity contribution in [2.75, 3.05) is 30.9 Å². The van der Waals surface area contributed by atoms with Gasteiger partial charge in [0.15, 0.2) is 0 Å². The Labute approximate surface area is 163 Å². The quantitative estimate of drug-likeness (QED) is 0.704. The van der Waals surface area contributed by atoms with E-state index in [1.54, 1.807) is 38.2 Å². The van der Waals surface area contributed by atoms with Crippen molar-refractivity contribution in [3.05, 3.63) is 52.8 Å². The van der Waals surface area contributed by atoms with Gasteiger partial charge in [0.05, 0.1) is 24.0 Å². The molecule has 8 heteroatoms. The number of aromatic nitrogens is 1. The molecule has 3 N–H and O–H groups in total. The number of anilines is 2. The molecule has 0 radical (unpaired) electrons. The largest absolute Gasteiger partial charge is 0.394 e. The zero-order valence-electron chi connectivity index (χ0n) is 15.7. The van der Waals surface area contributed by atoms with E-state index in [0.29, 0.717) is 10.7 Å². The maximum absolute atomic E-state index is 12.4. The van der Waals surface area contributed by atoms with Gasteiger partial charge in [-0.25, -0.2) is 4.98 Å². The minimum absolute atomic E-state index is 0.211. The van der Waals surface area contributed by atoms with Crippen LogP contribution in [-0.2, 0) is 0 Å². The van der Waals surface area contributed by atoms with E-state index in [1.165, 1.54) is 12.1 Å². The van der Waals surface area contributed by atoms with E-state index >= 15 is 0 Å². The van der Waals surface area contributed by atoms with Crippen LogP contribution in [0.1, 0.15) is 34.7 Å². The Bertz CT molecular complexity index is 835. The zero-order chi connectivity index (χ0) is 20.2. The molecule has 0 aliphatic rings. The summed E-state index contributed by atoms with van der Waals surface area (Å²) in [4.78, 5) is 30.8. The lowest BCUT2D eigenvalue weighted by atomic mass is 10.1. The maximum Gasteiger partial charge on any atom is 0.274 e. The van der Waals surface area contributed by atoms with Gasteiger partial charge in [0.1, 0.15) is 5.69 Å². The third-order valence-corrected chi connectivity index (χ3v) is 3.98. The Kier molecular flexibility index (Phi) is 6.41. The lowest BCUT2D eigenvalue weighted by Gasteiger charge is -2.23. The Balaban J connectivity index is 2.18. The van der Waals surface area contributed by atoms with Crippen molar-refractivity contribution in [3.8, 4) is 0 Å². The average molecular weight is 391 g/mol. The van der Waals surface area contributed by atoms with Gasteiger partial charge in [0.2, 0.25) is 0 Å². The van der Waals surface area contributed by atoms with E-state index < -0.39 is 17.4 Å². The molecule has 2 amide bonds. The molecule has 0 saturated heterocycles. The lowest BCUT2D eigenvalue weighted by molar-refractivity contribution is 0.0868. The van der Waals surface area contributed by atoms with Gasteiger partial charge in [-0.1, -0.05) is 11.6 Å². The molecule has 0 fully saturated rings. The number of hydrogen-bond acceptors (Lipinski definition) is 5. The van der Waals surface area contributed by atoms with Gasteiger partial charge >= 0.3 is 0 Å². The second kappa shape index (κ2) is 8.37. The van der Waals surface area contributed by atoms with Crippen LogP contribution in [-0.4, -0.2) is 48.1 Å². The molecular weight excluding hydrogens is 368 g/mol. The minimum Gasteiger partial charge on any atom is -0.394 e. The highest BCUT2D eigenvalue weighted by molar-refractivity contribution is 6.31. The Morgan fingerprint density at radius 3 is 2.44 bits per heavy atom. The number of carbonyl (C=O) groups is 2. The van der Waals surface area contributed by atoms with Crippen molar-refractivity contribution in [2.45, 2.75) is 19.4 Å². The van der Waals surface area contributed by atoms with Crippen molar-refractivity contribution in [1.29, 1.82) is 0 Å². The number of nitrogens with one attached hydrogen (secondary N) is 2. The maximum atomic E-state index is 12.4. The number of rotatable bonds is 6. The topological polar surface area (TPSA) is 94.6 Å². The molecular formula is C19H23ClN4O3. The summed E-state index contributed by atoms with van der Waals surface area (Å²) in [5, 5.41) is 15.0. The summed E-state index contributed by atoms with van der Waals surface area (Å²) in [6, 6.07) is 7.95. The van der Waals surface area contributed by atoms with E-state index in [1.807, 2.05) is 19.0 Å². The molecule has 0 saturated carbocycles. The van der Waals surface area contributed by atoms with E-state index in [9.17, 15) is 14.7 Å². The molecule has 7 nitrogen and oxygen atoms in total. The van der Waals surface area contributed by atoms with E-state index in [4.69, 9.17) is 11.6 Å². The minimum atomic E-state index is -0.777. The molecule has 144 valence electrons. The molecule has 0 atom stereocenters. The SMILES string of the molecule is CN(C)c1ccc(C(=O)Nc2cc(Cl)cc(C(=O)NC(C)(C)CO)c2)nc1. The van der Waals surface area contributed by atoms with Crippen molar-refractivity contribution in [3.63, 3.8) is 0 Å². The molecule has 0 spiro atoms. The first kappa shape index (κ1) is 20.7. The zero-order valence-corrected chi connectivity index (χ0v) is 16.5. The predicted octanol–water partition coefficient (Wildman–Crippen LogP) is 2.55. The van der Waals surface area contributed by atoms with E-state index in [0.717, 1.165) is 5.69 Å². The summed E-state index contributed by atoms with van der Waals surface area (Å²) < 4.78 is 0. The molecule has 27 heavy (non-hydrogen) atoms. The van der Waals surface area contributed by atoms with Gasteiger partial charge < -0.3 is 20.6 Å². The van der Waals surface area contributed by atoms with Gasteiger partial charge in [-0.15, -0.1) is 0 Å². The van der Waals surface area contributed by atoms with Gasteiger partial charge in [-0.3, -0.25) is 9.59 Å². The number of amides is 2. The Morgan fingerprint density at radius 2 is 1.89 bits per heavy atom. The van der Waals surface area contributed by atoms with Crippen molar-refractivity contribution < 1.29 is 14.7 Å². The summed E-state index contributed by atoms with van der Waals surface area (Å²) in [5.74, 6) is -0.815. The molecule has 0 aliphatic heterocycles. The standard InChI is InChI=1S/C19H23ClN4O3/c1-19(2,11-25)23-17(26)12-7-13(20)9-14(8-12)22-18(27)16-6-5-15(10-21-16)24(3)4/h5-10,25H,11H2,1-4H3,(H,22,27)(H,23,26). The Morgan fingerprint density at radius 1 is 1.19 bits per heavy atom. The summed E-state index contributed by atoms with van der Waals surface area (Å²) in [6.45, 7) is 3.18. The van der Waals surface area contributed by atoms with Gasteiger partial charge in [0.25, 0.3) is 11.8 Å². The number of benzene rings is 1. The number of halogens is 1. The van der Waals surface area contributed by atoms with Crippen molar-refractivity contribution in [2.24, 2.45) is 0 Å². The van der Waals surface area contributed by atoms with E-state index in [2.05, 4.69) is 15.6 Å². The van der Waals surface area contributed by atoms with Crippen molar-refractivity contribution >= 4 is 34.8 Å². The Hall–Kier alpha value is -2.64. The summed E-state index contributed by atoms with van der Waals surface area (Å²) >= 11 is 6.08. The van der Waals surface area contributed by atoms with Crippen LogP contribution in [0.15, 0.2) is 36.5 Å². The molecule has 0 bridgehead atoms. The molecule has 1 aromatic carbocycles. The van der Waals surface area contributed by atoms with Crippen LogP contribution < -0.4 is 15.5 Å². The fourth-order valence-electron chi connectivity index (χ4n) is 2.19. The number of hydrogen-bond donors (Lipinski definition) is 3. The van der Waals surface area contributed by atoms with Gasteiger partial charge in [-0.2, -0.15) is 0 Å². The number of aliphatic hydroxyl groups is 1. The average Bonchev–Trinajstić information content (AvgIpc) is 2.61. The highest BCUT2D eigenvalue weighted by Gasteiger charge is 2.21. The normalized spacial score (nSPS) is 11.0. The molecule has 0 unspecified atom stereocenters. The lowest BCUT2D eigenvalue weighted by Crippen LogP contribution is -2.46. The highest BCUT2D eigenvalue weighted by Crippen LogP contribution is 2.20. The van der Waals surface area contributed by atoms with Crippen LogP contribution in [0.5, 0.6) is 0 Å². The van der Waals surface area contributed by atoms with Crippen LogP contribution in [0.4, 0.5) is 11.4 Å². The smallest absolute Gasteiger partial charge is 0.274 e. The van der Waals surface area contributed by atoms with Crippen LogP contribution >= 0.6 is 11.6 Å². The molecule has 0 aliphatic carbocycles. The molecule has 2 aromatic rings. The first-order chi connectivity index (χ1) is 12.6. The number of carbonyl (C=O) groups excluding carboxylic acids is 2. The first-order valence-electron chi connectivity index (χ1n) is 8.30. The fourth-order valence-corrected chi connectivity index (χ4v) is 2.43. The summed E-state index contributed by atoms with van der Waals surface area (Å²) in [7, 11) is 3.76. The third-order valence-electron chi connectivity index (χ3n) is 3.76. The highest BCUT2D eigenvalue weighted by atomic mass is 35.5. The van der Waals surface area contributed by atoms with Crippen LogP contribution in [0.25, 0.3) is 0 Å². The van der Waals surface area contributed by atoms with Crippen LogP contribution in [0.3, 0.4) is 0 Å². The summed E-state index contributed by atoms with van der Waals surface area (Å²) in [5.41, 5.74) is 0.988. The fraction of sp³-hybridized carbons (Fsp3) is 0.316. The third kappa shape index (κ3) is 5.67. The van der Waals surface area contributed by atoms with Gasteiger partial charge in [-0.05, 0) is 44.2 Å².